The zero-order valence-electron chi connectivity index (χ0n) is 22.6. The molecule has 198 valence electrons. The van der Waals surface area contributed by atoms with Crippen LogP contribution in [0.3, 0.4) is 0 Å². The first kappa shape index (κ1) is 24.2. The van der Waals surface area contributed by atoms with Gasteiger partial charge in [0.1, 0.15) is 0 Å². The fourth-order valence-electron chi connectivity index (χ4n) is 6.50. The molecule has 0 radical (unpaired) electrons. The van der Waals surface area contributed by atoms with E-state index in [1.807, 2.05) is 35.6 Å². The Morgan fingerprint density at radius 2 is 1.05 bits per heavy atom. The number of thiophene rings is 2. The van der Waals surface area contributed by atoms with Crippen LogP contribution in [0, 0.1) is 13.1 Å². The van der Waals surface area contributed by atoms with Crippen LogP contribution in [0.2, 0.25) is 0 Å². The Morgan fingerprint density at radius 1 is 0.488 bits per heavy atom. The van der Waals surface area contributed by atoms with Crippen molar-refractivity contribution in [3.63, 3.8) is 0 Å². The average Bonchev–Trinajstić information content (AvgIpc) is 3.73. The SMILES string of the molecule is [C-]#[N+]c1ccc(-n2c3ccccc3c3ccccc32)c(-c2ccc3sc4c(ccc5c6cc([N+]#[C-])ccc6sc54)c3c2)c1. The molecule has 0 unspecified atom stereocenters. The molecule has 0 bridgehead atoms. The lowest BCUT2D eigenvalue weighted by atomic mass is 9.99. The van der Waals surface area contributed by atoms with E-state index in [-0.39, 0.29) is 0 Å². The second-order valence-electron chi connectivity index (χ2n) is 10.7. The first-order chi connectivity index (χ1) is 21.2. The quantitative estimate of drug-likeness (QED) is 0.180. The van der Waals surface area contributed by atoms with Gasteiger partial charge in [-0.1, -0.05) is 72.8 Å². The molecule has 0 aliphatic carbocycles. The Hall–Kier alpha value is -5.46. The van der Waals surface area contributed by atoms with Gasteiger partial charge in [0, 0.05) is 36.3 Å². The van der Waals surface area contributed by atoms with Gasteiger partial charge >= 0.3 is 0 Å². The Balaban J connectivity index is 1.31. The van der Waals surface area contributed by atoms with Gasteiger partial charge in [0.15, 0.2) is 11.4 Å². The maximum absolute atomic E-state index is 7.78. The second-order valence-corrected chi connectivity index (χ2v) is 12.8. The fraction of sp³-hybridized carbons (Fsp3) is 0. The molecule has 9 aromatic rings. The maximum atomic E-state index is 7.78. The molecule has 0 N–H and O–H groups in total. The molecule has 0 fully saturated rings. The Kier molecular flexibility index (Phi) is 5.07. The highest BCUT2D eigenvalue weighted by Gasteiger charge is 2.18. The summed E-state index contributed by atoms with van der Waals surface area (Å²) in [7, 11) is 0. The van der Waals surface area contributed by atoms with E-state index in [9.17, 15) is 0 Å². The molecular formula is C38H19N3S2. The van der Waals surface area contributed by atoms with Gasteiger partial charge < -0.3 is 4.57 Å². The number of rotatable bonds is 2. The summed E-state index contributed by atoms with van der Waals surface area (Å²) in [5.74, 6) is 0. The number of hydrogen-bond acceptors (Lipinski definition) is 2. The predicted octanol–water partition coefficient (Wildman–Crippen LogP) is 12.3. The number of para-hydroxylation sites is 2. The lowest BCUT2D eigenvalue weighted by molar-refractivity contribution is 1.18. The monoisotopic (exact) mass is 581 g/mol. The summed E-state index contributed by atoms with van der Waals surface area (Å²) in [6, 6.07) is 40.3. The van der Waals surface area contributed by atoms with Crippen LogP contribution in [0.25, 0.3) is 88.7 Å². The van der Waals surface area contributed by atoms with Crippen molar-refractivity contribution in [2.75, 3.05) is 0 Å². The van der Waals surface area contributed by atoms with Crippen LogP contribution < -0.4 is 0 Å². The van der Waals surface area contributed by atoms with Gasteiger partial charge in [-0.2, -0.15) is 0 Å². The summed E-state index contributed by atoms with van der Waals surface area (Å²) in [5.41, 5.74) is 6.79. The molecule has 0 aliphatic heterocycles. The molecule has 3 heterocycles. The van der Waals surface area contributed by atoms with E-state index < -0.39 is 0 Å². The lowest BCUT2D eigenvalue weighted by Gasteiger charge is -2.15. The van der Waals surface area contributed by atoms with E-state index in [1.54, 1.807) is 11.3 Å². The first-order valence-electron chi connectivity index (χ1n) is 13.9. The standard InChI is InChI=1S/C38H19N3S2/c1-39-23-12-16-34(41-32-9-5-3-7-25(32)26-8-4-6-10-33(26)41)29(20-23)22-11-17-35-30(19-22)27-14-15-28-31-21-24(40-2)13-18-36(31)43-38(28)37(27)42-35/h3-21H. The first-order valence-corrected chi connectivity index (χ1v) is 15.5. The Morgan fingerprint density at radius 3 is 1.70 bits per heavy atom. The molecule has 0 saturated heterocycles. The second kappa shape index (κ2) is 9.02. The molecule has 9 rings (SSSR count). The Bertz CT molecular complexity index is 2650. The third-order valence-corrected chi connectivity index (χ3v) is 11.0. The molecular weight excluding hydrogens is 563 g/mol. The van der Waals surface area contributed by atoms with Crippen LogP contribution in [-0.4, -0.2) is 4.57 Å². The number of fused-ring (bicyclic) bond motifs is 10. The van der Waals surface area contributed by atoms with E-state index in [0.717, 1.165) is 33.2 Å². The van der Waals surface area contributed by atoms with Gasteiger partial charge in [-0.25, -0.2) is 9.69 Å². The average molecular weight is 582 g/mol. The van der Waals surface area contributed by atoms with E-state index >= 15 is 0 Å². The van der Waals surface area contributed by atoms with E-state index in [0.29, 0.717) is 11.4 Å². The fourth-order valence-corrected chi connectivity index (χ4v) is 9.00. The van der Waals surface area contributed by atoms with Crippen molar-refractivity contribution >= 4 is 96.2 Å². The van der Waals surface area contributed by atoms with Crippen molar-refractivity contribution in [1.82, 2.24) is 4.57 Å². The number of hydrogen-bond donors (Lipinski definition) is 0. The number of aromatic nitrogens is 1. The maximum Gasteiger partial charge on any atom is 0.188 e. The molecule has 3 aromatic heterocycles. The van der Waals surface area contributed by atoms with Gasteiger partial charge in [-0.15, -0.1) is 22.7 Å². The summed E-state index contributed by atoms with van der Waals surface area (Å²) in [6.07, 6.45) is 0. The molecule has 0 amide bonds. The highest BCUT2D eigenvalue weighted by Crippen LogP contribution is 2.46. The van der Waals surface area contributed by atoms with Crippen LogP contribution in [-0.2, 0) is 0 Å². The van der Waals surface area contributed by atoms with Crippen LogP contribution >= 0.6 is 22.7 Å². The molecule has 0 saturated carbocycles. The van der Waals surface area contributed by atoms with Crippen molar-refractivity contribution in [3.8, 4) is 16.8 Å². The zero-order chi connectivity index (χ0) is 28.7. The minimum atomic E-state index is 0.626. The predicted molar refractivity (Wildman–Crippen MR) is 185 cm³/mol. The topological polar surface area (TPSA) is 13.6 Å². The smallest absolute Gasteiger partial charge is 0.188 e. The summed E-state index contributed by atoms with van der Waals surface area (Å²) >= 11 is 3.63. The zero-order valence-corrected chi connectivity index (χ0v) is 24.3. The van der Waals surface area contributed by atoms with Gasteiger partial charge in [0.05, 0.1) is 39.3 Å². The summed E-state index contributed by atoms with van der Waals surface area (Å²) in [5, 5.41) is 7.26. The highest BCUT2D eigenvalue weighted by atomic mass is 32.1. The van der Waals surface area contributed by atoms with Gasteiger partial charge in [-0.3, -0.25) is 0 Å². The summed E-state index contributed by atoms with van der Waals surface area (Å²) < 4.78 is 7.35. The van der Waals surface area contributed by atoms with Crippen molar-refractivity contribution in [1.29, 1.82) is 0 Å². The van der Waals surface area contributed by atoms with Gasteiger partial charge in [-0.05, 0) is 59.0 Å². The van der Waals surface area contributed by atoms with E-state index in [2.05, 4.69) is 105 Å². The minimum absolute atomic E-state index is 0.626. The van der Waals surface area contributed by atoms with Crippen molar-refractivity contribution in [2.45, 2.75) is 0 Å². The lowest BCUT2D eigenvalue weighted by Crippen LogP contribution is -1.97. The minimum Gasteiger partial charge on any atom is -0.309 e. The molecule has 0 atom stereocenters. The molecule has 0 spiro atoms. The third kappa shape index (κ3) is 3.44. The molecule has 43 heavy (non-hydrogen) atoms. The molecule has 5 heteroatoms. The van der Waals surface area contributed by atoms with Crippen LogP contribution in [0.15, 0.2) is 115 Å². The van der Waals surface area contributed by atoms with Gasteiger partial charge in [0.25, 0.3) is 0 Å². The van der Waals surface area contributed by atoms with Gasteiger partial charge in [0.2, 0.25) is 0 Å². The molecule has 3 nitrogen and oxygen atoms in total. The number of benzene rings is 6. The van der Waals surface area contributed by atoms with Crippen molar-refractivity contribution in [2.24, 2.45) is 0 Å². The Labute approximate surface area is 254 Å². The number of nitrogens with zero attached hydrogens (tertiary/aromatic N) is 3. The summed E-state index contributed by atoms with van der Waals surface area (Å²) in [6.45, 7) is 15.2. The van der Waals surface area contributed by atoms with Crippen LogP contribution in [0.1, 0.15) is 0 Å². The van der Waals surface area contributed by atoms with Crippen LogP contribution in [0.4, 0.5) is 11.4 Å². The normalized spacial score (nSPS) is 11.7. The van der Waals surface area contributed by atoms with E-state index in [1.165, 1.54) is 45.7 Å². The van der Waals surface area contributed by atoms with Crippen LogP contribution in [0.5, 0.6) is 0 Å². The molecule has 6 aromatic carbocycles. The van der Waals surface area contributed by atoms with Crippen molar-refractivity contribution < 1.29 is 0 Å². The summed E-state index contributed by atoms with van der Waals surface area (Å²) in [4.78, 5) is 7.45. The van der Waals surface area contributed by atoms with E-state index in [4.69, 9.17) is 13.1 Å². The third-order valence-electron chi connectivity index (χ3n) is 8.43. The molecule has 0 aliphatic rings. The van der Waals surface area contributed by atoms with Crippen molar-refractivity contribution in [3.05, 3.63) is 138 Å². The highest BCUT2D eigenvalue weighted by molar-refractivity contribution is 7.33. The largest absolute Gasteiger partial charge is 0.309 e.